The van der Waals surface area contributed by atoms with Gasteiger partial charge in [-0.05, 0) is 21.7 Å². The van der Waals surface area contributed by atoms with Gasteiger partial charge in [0.1, 0.15) is 16.9 Å². The normalized spacial score (nSPS) is 10.4. The van der Waals surface area contributed by atoms with Crippen LogP contribution in [0.3, 0.4) is 0 Å². The summed E-state index contributed by atoms with van der Waals surface area (Å²) in [6.45, 7) is 0. The Hall–Kier alpha value is -1.49. The Morgan fingerprint density at radius 2 is 2.15 bits per heavy atom. The second-order valence-electron chi connectivity index (χ2n) is 3.62. The minimum atomic E-state index is -0.520. The van der Waals surface area contributed by atoms with Crippen molar-refractivity contribution in [2.45, 2.75) is 10.1 Å². The van der Waals surface area contributed by atoms with Crippen LogP contribution in [-0.2, 0) is 7.05 Å². The van der Waals surface area contributed by atoms with Crippen LogP contribution in [0.2, 0.25) is 0 Å². The number of hydrogen-bond acceptors (Lipinski definition) is 7. The average molecular weight is 300 g/mol. The summed E-state index contributed by atoms with van der Waals surface area (Å²) >= 11 is 1.15. The van der Waals surface area contributed by atoms with Gasteiger partial charge in [-0.25, -0.2) is 15.0 Å². The number of rotatable bonds is 3. The summed E-state index contributed by atoms with van der Waals surface area (Å²) in [6, 6.07) is 0. The predicted molar refractivity (Wildman–Crippen MR) is 65.7 cm³/mol. The minimum Gasteiger partial charge on any atom is -0.358 e. The van der Waals surface area contributed by atoms with Gasteiger partial charge in [0.25, 0.3) is 0 Å². The van der Waals surface area contributed by atoms with E-state index in [2.05, 4.69) is 24.9 Å². The van der Waals surface area contributed by atoms with E-state index in [1.807, 2.05) is 0 Å². The van der Waals surface area contributed by atoms with Crippen molar-refractivity contribution in [2.24, 2.45) is 7.05 Å². The summed E-state index contributed by atoms with van der Waals surface area (Å²) in [7, 11) is 1.69. The number of aromatic nitrogens is 6. The molecule has 0 amide bonds. The molecule has 0 bridgehead atoms. The van der Waals surface area contributed by atoms with Gasteiger partial charge in [0.15, 0.2) is 10.7 Å². The van der Waals surface area contributed by atoms with E-state index in [9.17, 15) is 10.1 Å². The van der Waals surface area contributed by atoms with Crippen LogP contribution in [0.15, 0.2) is 29.0 Å². The summed E-state index contributed by atoms with van der Waals surface area (Å²) in [4.78, 5) is 29.2. The molecule has 0 saturated heterocycles. The van der Waals surface area contributed by atoms with Crippen LogP contribution < -0.4 is 29.6 Å². The Balaban J connectivity index is 0.00000147. The maximum Gasteiger partial charge on any atom is 1.00 e. The third-order valence-electron chi connectivity index (χ3n) is 2.42. The molecule has 3 rings (SSSR count). The van der Waals surface area contributed by atoms with Crippen molar-refractivity contribution in [1.82, 2.24) is 29.5 Å². The van der Waals surface area contributed by atoms with Gasteiger partial charge in [0.05, 0.1) is 6.33 Å². The van der Waals surface area contributed by atoms with Gasteiger partial charge >= 0.3 is 35.4 Å². The van der Waals surface area contributed by atoms with Crippen LogP contribution in [-0.4, -0.2) is 34.4 Å². The summed E-state index contributed by atoms with van der Waals surface area (Å²) in [6.07, 6.45) is 4.26. The van der Waals surface area contributed by atoms with E-state index in [0.29, 0.717) is 21.2 Å². The molecule has 0 aliphatic heterocycles. The monoisotopic (exact) mass is 300 g/mol. The van der Waals surface area contributed by atoms with E-state index in [0.717, 1.165) is 11.8 Å². The van der Waals surface area contributed by atoms with E-state index in [4.69, 9.17) is 0 Å². The van der Waals surface area contributed by atoms with Crippen molar-refractivity contribution in [3.63, 3.8) is 0 Å². The number of imidazole rings is 2. The summed E-state index contributed by atoms with van der Waals surface area (Å²) in [5.74, 6) is -0.196. The van der Waals surface area contributed by atoms with Crippen LogP contribution >= 0.6 is 11.8 Å². The molecule has 0 unspecified atom stereocenters. The maximum absolute atomic E-state index is 10.9. The van der Waals surface area contributed by atoms with Crippen molar-refractivity contribution in [1.29, 1.82) is 0 Å². The fourth-order valence-electron chi connectivity index (χ4n) is 1.56. The molecule has 0 saturated carbocycles. The first-order chi connectivity index (χ1) is 9.16. The van der Waals surface area contributed by atoms with Gasteiger partial charge in [0, 0.05) is 7.05 Å². The van der Waals surface area contributed by atoms with Gasteiger partial charge in [0.2, 0.25) is 6.33 Å². The second-order valence-corrected chi connectivity index (χ2v) is 4.60. The van der Waals surface area contributed by atoms with Crippen LogP contribution in [0.25, 0.3) is 11.2 Å². The van der Waals surface area contributed by atoms with E-state index in [1.165, 1.54) is 19.0 Å². The van der Waals surface area contributed by atoms with E-state index in [-0.39, 0.29) is 35.4 Å². The van der Waals surface area contributed by atoms with E-state index >= 15 is 0 Å². The smallest absolute Gasteiger partial charge is 0.358 e. The predicted octanol–water partition coefficient (Wildman–Crippen LogP) is -1.85. The van der Waals surface area contributed by atoms with Crippen molar-refractivity contribution < 1.29 is 34.5 Å². The van der Waals surface area contributed by atoms with E-state index in [1.54, 1.807) is 11.6 Å². The number of nitrogens with one attached hydrogen (secondary N) is 1. The zero-order valence-corrected chi connectivity index (χ0v) is 13.5. The van der Waals surface area contributed by atoms with Crippen molar-refractivity contribution in [3.05, 3.63) is 29.1 Å². The Morgan fingerprint density at radius 3 is 2.90 bits per heavy atom. The molecule has 20 heavy (non-hydrogen) atoms. The Labute approximate surface area is 138 Å². The van der Waals surface area contributed by atoms with Crippen molar-refractivity contribution in [3.8, 4) is 0 Å². The molecule has 3 heterocycles. The van der Waals surface area contributed by atoms with Crippen molar-refractivity contribution >= 4 is 28.7 Å². The number of aromatic amines is 1. The third kappa shape index (κ3) is 2.54. The van der Waals surface area contributed by atoms with Gasteiger partial charge in [-0.2, -0.15) is 0 Å². The van der Waals surface area contributed by atoms with Gasteiger partial charge in [-0.3, -0.25) is 0 Å². The number of H-pyrrole nitrogens is 1. The maximum atomic E-state index is 10.9. The summed E-state index contributed by atoms with van der Waals surface area (Å²) < 4.78 is 1.58. The zero-order chi connectivity index (χ0) is 13.4. The van der Waals surface area contributed by atoms with Gasteiger partial charge < -0.3 is 19.7 Å². The third-order valence-corrected chi connectivity index (χ3v) is 3.59. The second kappa shape index (κ2) is 5.87. The molecule has 3 aromatic rings. The molecule has 0 aliphatic rings. The largest absolute Gasteiger partial charge is 1.00 e. The van der Waals surface area contributed by atoms with Gasteiger partial charge in [-0.1, -0.05) is 0 Å². The minimum absolute atomic E-state index is 0. The molecular formula is C9H7N7NaO2S+. The molecule has 1 N–H and O–H groups in total. The Bertz CT molecular complexity index is 771. The fraction of sp³-hybridized carbons (Fsp3) is 0.111. The number of hydrogen-bond donors (Lipinski definition) is 1. The van der Waals surface area contributed by atoms with E-state index < -0.39 is 4.92 Å². The number of nitrogens with zero attached hydrogens (tertiary/aromatic N) is 6. The SMILES string of the molecule is Cn1cnc([N+](=O)[O-])c1Sc1ncnc2nc[nH]c12.[Na+]. The molecule has 0 radical (unpaired) electrons. The average Bonchev–Trinajstić information content (AvgIpc) is 2.97. The number of aryl methyl sites for hydroxylation is 1. The number of fused-ring (bicyclic) bond motifs is 1. The first kappa shape index (κ1) is 14.9. The number of nitro groups is 1. The molecule has 11 heteroatoms. The molecule has 0 aromatic carbocycles. The van der Waals surface area contributed by atoms with Gasteiger partial charge in [-0.15, -0.1) is 0 Å². The molecule has 0 aliphatic carbocycles. The standard InChI is InChI=1S/C9H7N7O2S.Na/c1-15-4-14-7(16(17)18)9(15)19-8-5-6(11-2-10-5)12-3-13-8;/h2-4H,1H3,(H,10,11,12,13);/q;+1. The van der Waals surface area contributed by atoms with Crippen LogP contribution in [0.5, 0.6) is 0 Å². The quantitative estimate of drug-likeness (QED) is 0.261. The van der Waals surface area contributed by atoms with Crippen LogP contribution in [0.4, 0.5) is 5.82 Å². The van der Waals surface area contributed by atoms with Crippen molar-refractivity contribution in [2.75, 3.05) is 0 Å². The first-order valence-corrected chi connectivity index (χ1v) is 5.96. The Morgan fingerprint density at radius 1 is 1.35 bits per heavy atom. The fourth-order valence-corrected chi connectivity index (χ4v) is 2.51. The molecule has 0 atom stereocenters. The zero-order valence-electron chi connectivity index (χ0n) is 10.6. The molecule has 96 valence electrons. The topological polar surface area (TPSA) is 115 Å². The molecular weight excluding hydrogens is 293 g/mol. The van der Waals surface area contributed by atoms with Crippen LogP contribution in [0, 0.1) is 10.1 Å². The molecule has 3 aromatic heterocycles. The Kier molecular flexibility index (Phi) is 4.38. The molecule has 0 spiro atoms. The molecule has 0 fully saturated rings. The summed E-state index contributed by atoms with van der Waals surface area (Å²) in [5, 5.41) is 11.9. The summed E-state index contributed by atoms with van der Waals surface area (Å²) in [5.41, 5.74) is 1.16. The first-order valence-electron chi connectivity index (χ1n) is 5.14. The molecule has 9 nitrogen and oxygen atoms in total. The van der Waals surface area contributed by atoms with Crippen LogP contribution in [0.1, 0.15) is 0 Å².